The maximum Gasteiger partial charge on any atom is 0.414 e. The number of para-hydroxylation sites is 1. The van der Waals surface area contributed by atoms with Crippen molar-refractivity contribution >= 4 is 39.9 Å². The first-order valence-corrected chi connectivity index (χ1v) is 9.43. The van der Waals surface area contributed by atoms with Crippen molar-refractivity contribution < 1.29 is 19.8 Å². The maximum atomic E-state index is 11.6. The SMILES string of the molecule is CC(C)(C)N(C(=O)O)c1ncc(-c2cccc3[nH]c4ccccc4c23)cn1.NC(=O)O. The molecule has 2 amide bonds. The summed E-state index contributed by atoms with van der Waals surface area (Å²) >= 11 is 0. The van der Waals surface area contributed by atoms with Gasteiger partial charge in [0.1, 0.15) is 0 Å². The molecule has 0 bridgehead atoms. The predicted molar refractivity (Wildman–Crippen MR) is 119 cm³/mol. The van der Waals surface area contributed by atoms with Crippen molar-refractivity contribution in [3.8, 4) is 11.1 Å². The molecule has 160 valence electrons. The summed E-state index contributed by atoms with van der Waals surface area (Å²) < 4.78 is 0. The highest BCUT2D eigenvalue weighted by atomic mass is 16.4. The second-order valence-electron chi connectivity index (χ2n) is 7.80. The lowest BCUT2D eigenvalue weighted by molar-refractivity contribution is 0.195. The summed E-state index contributed by atoms with van der Waals surface area (Å²) in [7, 11) is 0. The van der Waals surface area contributed by atoms with Crippen LogP contribution in [-0.2, 0) is 0 Å². The van der Waals surface area contributed by atoms with E-state index in [0.717, 1.165) is 32.9 Å². The van der Waals surface area contributed by atoms with E-state index in [1.807, 2.05) is 57.2 Å². The number of aromatic nitrogens is 3. The Morgan fingerprint density at radius 1 is 0.968 bits per heavy atom. The monoisotopic (exact) mass is 421 g/mol. The fourth-order valence-electron chi connectivity index (χ4n) is 3.39. The minimum absolute atomic E-state index is 0.171. The van der Waals surface area contributed by atoms with Crippen LogP contribution in [0.3, 0.4) is 0 Å². The van der Waals surface area contributed by atoms with Crippen molar-refractivity contribution in [2.24, 2.45) is 5.73 Å². The highest BCUT2D eigenvalue weighted by Gasteiger charge is 2.30. The number of fused-ring (bicyclic) bond motifs is 3. The highest BCUT2D eigenvalue weighted by Crippen LogP contribution is 2.34. The molecule has 0 unspecified atom stereocenters. The summed E-state index contributed by atoms with van der Waals surface area (Å²) in [5.74, 6) is 0.171. The largest absolute Gasteiger partial charge is 0.465 e. The molecule has 0 spiro atoms. The second-order valence-corrected chi connectivity index (χ2v) is 7.80. The average Bonchev–Trinajstić information content (AvgIpc) is 3.05. The Kier molecular flexibility index (Phi) is 5.78. The highest BCUT2D eigenvalue weighted by molar-refractivity contribution is 6.14. The van der Waals surface area contributed by atoms with Gasteiger partial charge in [-0.3, -0.25) is 0 Å². The van der Waals surface area contributed by atoms with Gasteiger partial charge in [0.15, 0.2) is 0 Å². The first kappa shape index (κ1) is 21.6. The molecule has 9 nitrogen and oxygen atoms in total. The van der Waals surface area contributed by atoms with Gasteiger partial charge in [0.2, 0.25) is 5.95 Å². The lowest BCUT2D eigenvalue weighted by atomic mass is 10.0. The molecular formula is C22H23N5O4. The molecule has 2 aromatic carbocycles. The number of nitrogens with two attached hydrogens (primary N) is 1. The second kappa shape index (κ2) is 8.31. The summed E-state index contributed by atoms with van der Waals surface area (Å²) in [5, 5.41) is 19.0. The molecule has 5 N–H and O–H groups in total. The molecule has 9 heteroatoms. The van der Waals surface area contributed by atoms with Crippen LogP contribution in [0.25, 0.3) is 32.9 Å². The lowest BCUT2D eigenvalue weighted by Gasteiger charge is -2.30. The molecule has 0 saturated carbocycles. The fraction of sp³-hybridized carbons (Fsp3) is 0.182. The summed E-state index contributed by atoms with van der Waals surface area (Å²) in [6, 6.07) is 14.2. The average molecular weight is 421 g/mol. The van der Waals surface area contributed by atoms with Crippen molar-refractivity contribution in [3.05, 3.63) is 54.9 Å². The summed E-state index contributed by atoms with van der Waals surface area (Å²) in [6.07, 6.45) is 0.954. The third-order valence-corrected chi connectivity index (χ3v) is 4.54. The Morgan fingerprint density at radius 2 is 1.55 bits per heavy atom. The molecule has 2 aromatic heterocycles. The molecular weight excluding hydrogens is 398 g/mol. The van der Waals surface area contributed by atoms with Crippen LogP contribution in [0.2, 0.25) is 0 Å². The molecule has 0 atom stereocenters. The molecule has 0 saturated heterocycles. The Hall–Kier alpha value is -4.14. The Bertz CT molecular complexity index is 1240. The van der Waals surface area contributed by atoms with E-state index < -0.39 is 17.7 Å². The smallest absolute Gasteiger partial charge is 0.414 e. The molecule has 0 fully saturated rings. The van der Waals surface area contributed by atoms with E-state index >= 15 is 0 Å². The van der Waals surface area contributed by atoms with Crippen LogP contribution in [0.5, 0.6) is 0 Å². The number of anilines is 1. The first-order valence-electron chi connectivity index (χ1n) is 9.43. The van der Waals surface area contributed by atoms with Gasteiger partial charge in [0.05, 0.1) is 0 Å². The first-order chi connectivity index (χ1) is 14.6. The Labute approximate surface area is 178 Å². The molecule has 0 aliphatic carbocycles. The topological polar surface area (TPSA) is 145 Å². The number of carbonyl (C=O) groups is 2. The van der Waals surface area contributed by atoms with E-state index in [1.54, 1.807) is 12.4 Å². The fourth-order valence-corrected chi connectivity index (χ4v) is 3.39. The van der Waals surface area contributed by atoms with Gasteiger partial charge in [-0.2, -0.15) is 0 Å². The van der Waals surface area contributed by atoms with Crippen molar-refractivity contribution in [3.63, 3.8) is 0 Å². The van der Waals surface area contributed by atoms with Crippen LogP contribution in [0, 0.1) is 0 Å². The van der Waals surface area contributed by atoms with E-state index in [9.17, 15) is 9.90 Å². The van der Waals surface area contributed by atoms with E-state index in [4.69, 9.17) is 9.90 Å². The van der Waals surface area contributed by atoms with Crippen LogP contribution in [0.1, 0.15) is 20.8 Å². The normalized spacial score (nSPS) is 11.1. The number of rotatable bonds is 2. The van der Waals surface area contributed by atoms with Crippen LogP contribution in [0.15, 0.2) is 54.9 Å². The van der Waals surface area contributed by atoms with Gasteiger partial charge in [-0.15, -0.1) is 0 Å². The van der Waals surface area contributed by atoms with E-state index in [2.05, 4.69) is 26.8 Å². The number of nitrogens with zero attached hydrogens (tertiary/aromatic N) is 3. The summed E-state index contributed by atoms with van der Waals surface area (Å²) in [5.41, 5.74) is 7.36. The molecule has 4 aromatic rings. The van der Waals surface area contributed by atoms with Gasteiger partial charge in [0.25, 0.3) is 0 Å². The van der Waals surface area contributed by atoms with Gasteiger partial charge in [0, 0.05) is 45.3 Å². The molecule has 31 heavy (non-hydrogen) atoms. The summed E-state index contributed by atoms with van der Waals surface area (Å²) in [6.45, 7) is 5.43. The van der Waals surface area contributed by atoms with Gasteiger partial charge in [-0.25, -0.2) is 24.5 Å². The Balaban J connectivity index is 0.000000628. The number of hydrogen-bond donors (Lipinski definition) is 4. The van der Waals surface area contributed by atoms with Gasteiger partial charge in [-0.05, 0) is 38.5 Å². The number of nitrogens with one attached hydrogen (secondary N) is 1. The number of hydrogen-bond acceptors (Lipinski definition) is 4. The molecule has 4 rings (SSSR count). The Morgan fingerprint density at radius 3 is 2.13 bits per heavy atom. The standard InChI is InChI=1S/C21H20N4O2.CH3NO2/c1-21(2,3)25(20(26)27)19-22-11-13(12-23-19)14-8-6-10-17-18(14)15-7-4-5-9-16(15)24-17;2-1(3)4/h4-12,24H,1-3H3,(H,26,27);2H2,(H,3,4). The molecule has 0 aliphatic rings. The molecule has 0 radical (unpaired) electrons. The lowest BCUT2D eigenvalue weighted by Crippen LogP contribution is -2.46. The van der Waals surface area contributed by atoms with Gasteiger partial charge in [-0.1, -0.05) is 30.3 Å². The summed E-state index contributed by atoms with van der Waals surface area (Å²) in [4.78, 5) is 33.7. The number of H-pyrrole nitrogens is 1. The van der Waals surface area contributed by atoms with Crippen molar-refractivity contribution in [1.82, 2.24) is 15.0 Å². The predicted octanol–water partition coefficient (Wildman–Crippen LogP) is 4.68. The van der Waals surface area contributed by atoms with Crippen molar-refractivity contribution in [1.29, 1.82) is 0 Å². The third-order valence-electron chi connectivity index (χ3n) is 4.54. The number of aromatic amines is 1. The molecule has 0 aliphatic heterocycles. The third kappa shape index (κ3) is 4.55. The van der Waals surface area contributed by atoms with Gasteiger partial charge >= 0.3 is 12.2 Å². The number of amides is 2. The minimum Gasteiger partial charge on any atom is -0.465 e. The van der Waals surface area contributed by atoms with Gasteiger partial charge < -0.3 is 20.9 Å². The zero-order valence-electron chi connectivity index (χ0n) is 17.3. The van der Waals surface area contributed by atoms with E-state index in [0.29, 0.717) is 0 Å². The van der Waals surface area contributed by atoms with Crippen molar-refractivity contribution in [2.45, 2.75) is 26.3 Å². The number of carboxylic acid groups (broad SMARTS) is 2. The van der Waals surface area contributed by atoms with E-state index in [1.165, 1.54) is 4.90 Å². The van der Waals surface area contributed by atoms with Crippen molar-refractivity contribution in [2.75, 3.05) is 4.90 Å². The minimum atomic E-state index is -1.33. The van der Waals surface area contributed by atoms with Crippen LogP contribution < -0.4 is 10.6 Å². The maximum absolute atomic E-state index is 11.6. The van der Waals surface area contributed by atoms with Crippen LogP contribution in [-0.4, -0.2) is 42.9 Å². The zero-order valence-corrected chi connectivity index (χ0v) is 17.3. The quantitative estimate of drug-likeness (QED) is 0.369. The van der Waals surface area contributed by atoms with Crippen LogP contribution in [0.4, 0.5) is 15.5 Å². The number of benzene rings is 2. The van der Waals surface area contributed by atoms with E-state index in [-0.39, 0.29) is 5.95 Å². The number of primary amides is 1. The zero-order chi connectivity index (χ0) is 22.8. The van der Waals surface area contributed by atoms with Crippen LogP contribution >= 0.6 is 0 Å². The molecule has 2 heterocycles.